The van der Waals surface area contributed by atoms with Crippen molar-refractivity contribution in [2.24, 2.45) is 0 Å². The van der Waals surface area contributed by atoms with Crippen LogP contribution in [0.5, 0.6) is 0 Å². The van der Waals surface area contributed by atoms with Gasteiger partial charge in [-0.3, -0.25) is 0 Å². The van der Waals surface area contributed by atoms with Crippen molar-refractivity contribution < 1.29 is 15.7 Å². The number of hydrogen-bond donors (Lipinski definition) is 0. The van der Waals surface area contributed by atoms with Crippen LogP contribution >= 0.6 is 0 Å². The number of carbonyl (C=O) groups excluding carboxylic acids is 2. The second-order valence-corrected chi connectivity index (χ2v) is 12.4. The van der Waals surface area contributed by atoms with Gasteiger partial charge in [-0.25, -0.2) is 0 Å². The van der Waals surface area contributed by atoms with E-state index in [2.05, 4.69) is 0 Å². The summed E-state index contributed by atoms with van der Waals surface area (Å²) in [5.41, 5.74) is 0.396. The first-order chi connectivity index (χ1) is 5.94. The Morgan fingerprint density at radius 1 is 1.31 bits per heavy atom. The Labute approximate surface area is 81.9 Å². The van der Waals surface area contributed by atoms with E-state index in [9.17, 15) is 9.59 Å². The molecular weight excluding hydrogens is 279 g/mol. The summed E-state index contributed by atoms with van der Waals surface area (Å²) in [5.74, 6) is -0.836. The van der Waals surface area contributed by atoms with Crippen molar-refractivity contribution in [1.82, 2.24) is 0 Å². The van der Waals surface area contributed by atoms with Crippen molar-refractivity contribution in [2.45, 2.75) is 23.2 Å². The molecule has 0 aromatic heterocycles. The molecule has 0 fully saturated rings. The van der Waals surface area contributed by atoms with Crippen LogP contribution in [0.1, 0.15) is 13.3 Å². The van der Waals surface area contributed by atoms with Crippen LogP contribution in [0.15, 0.2) is 11.6 Å². The maximum atomic E-state index is 11.3. The van der Waals surface area contributed by atoms with Gasteiger partial charge in [-0.05, 0) is 0 Å². The number of rotatable bonds is 1. The molecule has 0 N–H and O–H groups in total. The van der Waals surface area contributed by atoms with Gasteiger partial charge in [0.25, 0.3) is 0 Å². The van der Waals surface area contributed by atoms with Crippen LogP contribution in [0.3, 0.4) is 0 Å². The zero-order chi connectivity index (χ0) is 10.1. The van der Waals surface area contributed by atoms with Gasteiger partial charge in [0.05, 0.1) is 0 Å². The molecule has 0 aliphatic carbocycles. The Bertz CT molecular complexity index is 280. The molecule has 5 heteroatoms. The third-order valence-electron chi connectivity index (χ3n) is 1.62. The third-order valence-corrected chi connectivity index (χ3v) is 5.53. The molecule has 0 aromatic carbocycles. The summed E-state index contributed by atoms with van der Waals surface area (Å²) in [6.07, 6.45) is 1.73. The van der Waals surface area contributed by atoms with E-state index >= 15 is 0 Å². The summed E-state index contributed by atoms with van der Waals surface area (Å²) < 4.78 is 10.2. The summed E-state index contributed by atoms with van der Waals surface area (Å²) in [6, 6.07) is 0. The molecule has 1 aliphatic rings. The summed E-state index contributed by atoms with van der Waals surface area (Å²) in [6.45, 7) is 1.80. The molecule has 0 bridgehead atoms. The summed E-state index contributed by atoms with van der Waals surface area (Å²) in [5, 5.41) is 0. The molecule has 0 aromatic rings. The molecule has 13 heavy (non-hydrogen) atoms. The molecule has 1 aliphatic heterocycles. The zero-order valence-corrected chi connectivity index (χ0v) is 10.8. The average Bonchev–Trinajstić information content (AvgIpc) is 2.05. The Morgan fingerprint density at radius 2 is 1.92 bits per heavy atom. The van der Waals surface area contributed by atoms with Crippen LogP contribution in [-0.2, 0) is 15.7 Å². The maximum absolute atomic E-state index is 11.3. The van der Waals surface area contributed by atoms with Crippen LogP contribution in [0.4, 0.5) is 0 Å². The number of carbonyl (C=O) groups is 2. The van der Waals surface area contributed by atoms with Crippen LogP contribution in [0, 0.1) is 0 Å². The standard InChI is InChI=1S/C6H8O4.2CH3.Sn/c1-2-4(6(9)10)3-5(7)8;;;/h3H,2H2,1H3,(H,7,8)(H,9,10);2*1H3;/q;;;+2/p-2. The van der Waals surface area contributed by atoms with Crippen molar-refractivity contribution in [3.8, 4) is 0 Å². The molecule has 0 radical (unpaired) electrons. The second kappa shape index (κ2) is 3.69. The summed E-state index contributed by atoms with van der Waals surface area (Å²) in [4.78, 5) is 25.9. The Hall–Kier alpha value is -0.521. The normalized spacial score (nSPS) is 21.3. The van der Waals surface area contributed by atoms with Gasteiger partial charge < -0.3 is 0 Å². The fourth-order valence-electron chi connectivity index (χ4n) is 1.03. The molecule has 1 heterocycles. The van der Waals surface area contributed by atoms with Gasteiger partial charge in [-0.2, -0.15) is 0 Å². The Kier molecular flexibility index (Phi) is 3.00. The molecule has 0 saturated heterocycles. The van der Waals surface area contributed by atoms with Crippen molar-refractivity contribution in [2.75, 3.05) is 0 Å². The van der Waals surface area contributed by atoms with E-state index in [-0.39, 0.29) is 0 Å². The Balaban J connectivity index is 2.94. The predicted octanol–water partition coefficient (Wildman–Crippen LogP) is 1.12. The minimum atomic E-state index is -3.30. The molecule has 72 valence electrons. The van der Waals surface area contributed by atoms with E-state index in [0.717, 1.165) is 0 Å². The fraction of sp³-hybridized carbons (Fsp3) is 0.500. The first kappa shape index (κ1) is 10.6. The summed E-state index contributed by atoms with van der Waals surface area (Å²) >= 11 is -3.30. The molecule has 0 saturated carbocycles. The second-order valence-electron chi connectivity index (χ2n) is 3.23. The Morgan fingerprint density at radius 3 is 2.46 bits per heavy atom. The topological polar surface area (TPSA) is 52.6 Å². The molecule has 0 atom stereocenters. The van der Waals surface area contributed by atoms with Crippen LogP contribution in [0.25, 0.3) is 0 Å². The van der Waals surface area contributed by atoms with Crippen molar-refractivity contribution in [3.63, 3.8) is 0 Å². The predicted molar refractivity (Wildman–Crippen MR) is 48.0 cm³/mol. The van der Waals surface area contributed by atoms with Gasteiger partial charge in [-0.1, -0.05) is 0 Å². The van der Waals surface area contributed by atoms with Crippen LogP contribution in [-0.4, -0.2) is 31.1 Å². The van der Waals surface area contributed by atoms with E-state index < -0.39 is 31.1 Å². The quantitative estimate of drug-likeness (QED) is 0.679. The zero-order valence-electron chi connectivity index (χ0n) is 7.92. The van der Waals surface area contributed by atoms with Gasteiger partial charge in [0.2, 0.25) is 0 Å². The molecule has 0 amide bonds. The van der Waals surface area contributed by atoms with E-state index in [1.54, 1.807) is 16.8 Å². The van der Waals surface area contributed by atoms with Gasteiger partial charge in [0, 0.05) is 0 Å². The van der Waals surface area contributed by atoms with Crippen LogP contribution < -0.4 is 0 Å². The van der Waals surface area contributed by atoms with Crippen molar-refractivity contribution >= 4 is 31.1 Å². The fourth-order valence-corrected chi connectivity index (χ4v) is 4.35. The molecule has 1 rings (SSSR count). The van der Waals surface area contributed by atoms with E-state index in [1.165, 1.54) is 6.08 Å². The van der Waals surface area contributed by atoms with E-state index in [4.69, 9.17) is 6.15 Å². The number of hydrogen-bond acceptors (Lipinski definition) is 4. The molecule has 0 spiro atoms. The average molecular weight is 291 g/mol. The van der Waals surface area contributed by atoms with Crippen molar-refractivity contribution in [1.29, 1.82) is 0 Å². The van der Waals surface area contributed by atoms with Crippen molar-refractivity contribution in [3.05, 3.63) is 11.6 Å². The van der Waals surface area contributed by atoms with Gasteiger partial charge in [0.15, 0.2) is 0 Å². The monoisotopic (exact) mass is 292 g/mol. The van der Waals surface area contributed by atoms with Crippen LogP contribution in [0.2, 0.25) is 9.88 Å². The summed E-state index contributed by atoms with van der Waals surface area (Å²) in [7, 11) is 0. The SMILES string of the molecule is CCC1=CC(=O)[O][Sn]([CH3])([CH3])[O]C1=O. The van der Waals surface area contributed by atoms with E-state index in [1.807, 2.05) is 0 Å². The first-order valence-electron chi connectivity index (χ1n) is 4.11. The molecule has 4 nitrogen and oxygen atoms in total. The molecule has 0 unspecified atom stereocenters. The third kappa shape index (κ3) is 2.72. The minimum absolute atomic E-state index is 0.394. The van der Waals surface area contributed by atoms with Gasteiger partial charge in [-0.15, -0.1) is 0 Å². The first-order valence-corrected chi connectivity index (χ1v) is 12.2. The van der Waals surface area contributed by atoms with E-state index in [0.29, 0.717) is 12.0 Å². The molecular formula is C8H12O4Sn. The van der Waals surface area contributed by atoms with Gasteiger partial charge >= 0.3 is 81.8 Å². The van der Waals surface area contributed by atoms with Gasteiger partial charge in [0.1, 0.15) is 0 Å².